The quantitative estimate of drug-likeness (QED) is 0.220. The van der Waals surface area contributed by atoms with Gasteiger partial charge in [0.1, 0.15) is 22.9 Å². The largest absolute Gasteiger partial charge is 0.508 e. The molecule has 2 atom stereocenters. The minimum atomic E-state index is -0.578. The van der Waals surface area contributed by atoms with Gasteiger partial charge in [-0.2, -0.15) is 9.97 Å². The van der Waals surface area contributed by atoms with Gasteiger partial charge in [-0.3, -0.25) is 0 Å². The number of halogens is 2. The number of piperazine rings is 1. The molecule has 4 saturated heterocycles. The van der Waals surface area contributed by atoms with E-state index in [9.17, 15) is 5.11 Å². The lowest BCUT2D eigenvalue weighted by molar-refractivity contribution is 0.0179. The first kappa shape index (κ1) is 31.9. The number of anilines is 1. The zero-order valence-electron chi connectivity index (χ0n) is 28.5. The number of phenols is 1. The van der Waals surface area contributed by atoms with Gasteiger partial charge < -0.3 is 29.7 Å². The van der Waals surface area contributed by atoms with E-state index in [1.165, 1.54) is 24.6 Å². The number of ether oxygens (including phenoxy) is 2. The molecular formula is C40H43F2N5O3. The minimum absolute atomic E-state index is 0.0237. The van der Waals surface area contributed by atoms with Gasteiger partial charge in [0.2, 0.25) is 0 Å². The molecule has 4 aliphatic heterocycles. The highest BCUT2D eigenvalue weighted by Crippen LogP contribution is 2.49. The van der Waals surface area contributed by atoms with Crippen molar-refractivity contribution in [3.63, 3.8) is 0 Å². The number of benzene rings is 3. The number of nitrogens with zero attached hydrogens (tertiary/aromatic N) is 4. The van der Waals surface area contributed by atoms with Crippen molar-refractivity contribution in [3.05, 3.63) is 53.1 Å². The first-order chi connectivity index (χ1) is 24.2. The second-order valence-electron chi connectivity index (χ2n) is 15.7. The van der Waals surface area contributed by atoms with Crippen LogP contribution in [0.2, 0.25) is 0 Å². The number of fused-ring (bicyclic) bond motifs is 4. The van der Waals surface area contributed by atoms with Gasteiger partial charge in [-0.05, 0) is 105 Å². The number of terminal acetylenes is 1. The second-order valence-corrected chi connectivity index (χ2v) is 15.7. The number of rotatable bonds is 7. The van der Waals surface area contributed by atoms with Gasteiger partial charge in [0.05, 0.1) is 12.2 Å². The van der Waals surface area contributed by atoms with E-state index in [2.05, 4.69) is 21.0 Å². The summed E-state index contributed by atoms with van der Waals surface area (Å²) in [6.45, 7) is 8.73. The first-order valence-electron chi connectivity index (χ1n) is 18.1. The lowest BCUT2D eigenvalue weighted by Gasteiger charge is -2.34. The van der Waals surface area contributed by atoms with Gasteiger partial charge in [0, 0.05) is 73.2 Å². The molecule has 10 heteroatoms. The van der Waals surface area contributed by atoms with Crippen molar-refractivity contribution in [2.75, 3.05) is 57.4 Å². The molecule has 1 saturated carbocycles. The lowest BCUT2D eigenvalue weighted by Crippen LogP contribution is -2.51. The van der Waals surface area contributed by atoms with E-state index in [1.807, 2.05) is 13.0 Å². The Morgan fingerprint density at radius 3 is 2.58 bits per heavy atom. The summed E-state index contributed by atoms with van der Waals surface area (Å²) in [4.78, 5) is 14.6. The lowest BCUT2D eigenvalue weighted by atomic mass is 9.80. The number of aryl methyl sites for hydroxylation is 1. The van der Waals surface area contributed by atoms with Crippen LogP contribution in [0.1, 0.15) is 56.1 Å². The molecule has 5 aliphatic rings. The maximum atomic E-state index is 17.2. The van der Waals surface area contributed by atoms with Crippen LogP contribution in [0.5, 0.6) is 11.8 Å². The van der Waals surface area contributed by atoms with Crippen molar-refractivity contribution in [1.29, 1.82) is 0 Å². The van der Waals surface area contributed by atoms with Gasteiger partial charge in [-0.1, -0.05) is 12.0 Å². The van der Waals surface area contributed by atoms with Crippen molar-refractivity contribution in [1.82, 2.24) is 20.2 Å². The Morgan fingerprint density at radius 1 is 1.06 bits per heavy atom. The summed E-state index contributed by atoms with van der Waals surface area (Å²) < 4.78 is 44.3. The first-order valence-corrected chi connectivity index (χ1v) is 18.1. The molecule has 2 N–H and O–H groups in total. The smallest absolute Gasteiger partial charge is 0.319 e. The molecule has 2 bridgehead atoms. The van der Waals surface area contributed by atoms with Gasteiger partial charge in [-0.25, -0.2) is 8.78 Å². The van der Waals surface area contributed by atoms with E-state index in [-0.39, 0.29) is 33.8 Å². The Morgan fingerprint density at radius 2 is 1.84 bits per heavy atom. The molecule has 3 aromatic carbocycles. The maximum absolute atomic E-state index is 17.2. The number of hydrogen-bond acceptors (Lipinski definition) is 8. The molecule has 8 nitrogen and oxygen atoms in total. The summed E-state index contributed by atoms with van der Waals surface area (Å²) in [7, 11) is 0. The summed E-state index contributed by atoms with van der Waals surface area (Å²) in [6.07, 6.45) is 13.6. The SMILES string of the molecule is C#Cc1c(F)ccc2cc(O)cc(-c3c(C)cc4c(N5CC6CCC(C5)N6)nc(OCC5(CN6CCC7(CCOCC7)C6)CC5)nc4c3F)c12. The highest BCUT2D eigenvalue weighted by Gasteiger charge is 2.48. The normalized spacial score (nSPS) is 23.9. The van der Waals surface area contributed by atoms with E-state index < -0.39 is 11.6 Å². The van der Waals surface area contributed by atoms with Gasteiger partial charge >= 0.3 is 6.01 Å². The van der Waals surface area contributed by atoms with Crippen molar-refractivity contribution >= 4 is 27.5 Å². The van der Waals surface area contributed by atoms with E-state index >= 15 is 8.78 Å². The van der Waals surface area contributed by atoms with E-state index in [0.717, 1.165) is 84.5 Å². The summed E-state index contributed by atoms with van der Waals surface area (Å²) in [6, 6.07) is 8.54. The van der Waals surface area contributed by atoms with Gasteiger partial charge in [0.15, 0.2) is 5.82 Å². The van der Waals surface area contributed by atoms with Crippen LogP contribution in [0.3, 0.4) is 0 Å². The number of likely N-dealkylation sites (tertiary alicyclic amines) is 1. The van der Waals surface area contributed by atoms with Crippen LogP contribution in [-0.4, -0.2) is 84.6 Å². The summed E-state index contributed by atoms with van der Waals surface area (Å²) in [5.74, 6) is 1.89. The summed E-state index contributed by atoms with van der Waals surface area (Å²) >= 11 is 0. The average Bonchev–Trinajstić information content (AvgIpc) is 3.65. The van der Waals surface area contributed by atoms with Crippen molar-refractivity contribution in [3.8, 4) is 35.2 Å². The molecule has 50 heavy (non-hydrogen) atoms. The standard InChI is InChI=1S/C40H43F2N5O3/c1-3-29-32(41)7-4-25-17-28(48)18-30(34(25)29)33-24(2)16-31-36(35(33)42)44-38(45-37(31)47-19-26-5-6-27(20-47)43-26)50-23-40(8-9-40)22-46-13-10-39(21-46)11-14-49-15-12-39/h1,4,7,16-18,26-27,43,48H,5-6,8-15,19-23H2,2H3. The number of phenolic OH excluding ortho intramolecular Hbond substituents is 1. The van der Waals surface area contributed by atoms with Crippen LogP contribution < -0.4 is 15.0 Å². The predicted octanol–water partition coefficient (Wildman–Crippen LogP) is 6.33. The second kappa shape index (κ2) is 12.0. The van der Waals surface area contributed by atoms with Crippen LogP contribution in [0.4, 0.5) is 14.6 Å². The predicted molar refractivity (Wildman–Crippen MR) is 190 cm³/mol. The summed E-state index contributed by atoms with van der Waals surface area (Å²) in [5.41, 5.74) is 1.72. The van der Waals surface area contributed by atoms with E-state index in [4.69, 9.17) is 25.9 Å². The monoisotopic (exact) mass is 679 g/mol. The Bertz CT molecular complexity index is 2040. The molecule has 1 aromatic heterocycles. The zero-order chi connectivity index (χ0) is 34.2. The van der Waals surface area contributed by atoms with Crippen LogP contribution in [0, 0.1) is 41.7 Å². The van der Waals surface area contributed by atoms with E-state index in [1.54, 1.807) is 6.07 Å². The Hall–Kier alpha value is -4.04. The Labute approximate surface area is 291 Å². The van der Waals surface area contributed by atoms with E-state index in [0.29, 0.717) is 57.2 Å². The van der Waals surface area contributed by atoms with Crippen molar-refractivity contribution in [2.45, 2.75) is 64.0 Å². The van der Waals surface area contributed by atoms with Crippen LogP contribution in [-0.2, 0) is 4.74 Å². The van der Waals surface area contributed by atoms with Crippen molar-refractivity contribution in [2.24, 2.45) is 10.8 Å². The number of aromatic hydroxyl groups is 1. The molecule has 4 aromatic rings. The third-order valence-corrected chi connectivity index (χ3v) is 12.2. The molecule has 2 unspecified atom stereocenters. The van der Waals surface area contributed by atoms with Gasteiger partial charge in [0.25, 0.3) is 0 Å². The molecule has 1 spiro atoms. The molecule has 0 amide bonds. The molecule has 260 valence electrons. The zero-order valence-corrected chi connectivity index (χ0v) is 28.5. The molecule has 5 heterocycles. The Kier molecular flexibility index (Phi) is 7.68. The molecule has 5 fully saturated rings. The summed E-state index contributed by atoms with van der Waals surface area (Å²) in [5, 5.41) is 15.9. The van der Waals surface area contributed by atoms with Gasteiger partial charge in [-0.15, -0.1) is 6.42 Å². The molecule has 1 aliphatic carbocycles. The minimum Gasteiger partial charge on any atom is -0.508 e. The topological polar surface area (TPSA) is 83.0 Å². The third kappa shape index (κ3) is 5.55. The van der Waals surface area contributed by atoms with Crippen LogP contribution in [0.25, 0.3) is 32.8 Å². The third-order valence-electron chi connectivity index (χ3n) is 12.2. The maximum Gasteiger partial charge on any atom is 0.319 e. The fraction of sp³-hybridized carbons (Fsp3) is 0.500. The Balaban J connectivity index is 1.10. The number of aromatic nitrogens is 2. The molecular weight excluding hydrogens is 636 g/mol. The van der Waals surface area contributed by atoms with Crippen molar-refractivity contribution < 1.29 is 23.4 Å². The molecule has 9 rings (SSSR count). The number of hydrogen-bond donors (Lipinski definition) is 2. The highest BCUT2D eigenvalue weighted by atomic mass is 19.1. The number of nitrogens with one attached hydrogen (secondary N) is 1. The molecule has 0 radical (unpaired) electrons. The van der Waals surface area contributed by atoms with Crippen LogP contribution in [0.15, 0.2) is 30.3 Å². The fourth-order valence-electron chi connectivity index (χ4n) is 9.28. The average molecular weight is 680 g/mol. The fourth-order valence-corrected chi connectivity index (χ4v) is 9.28. The highest BCUT2D eigenvalue weighted by molar-refractivity contribution is 6.05. The van der Waals surface area contributed by atoms with Crippen LogP contribution >= 0.6 is 0 Å².